The molecule has 0 saturated carbocycles. The Labute approximate surface area is 95.6 Å². The van der Waals surface area contributed by atoms with Crippen LogP contribution in [-0.4, -0.2) is 11.7 Å². The standard InChI is InChI=1S/C14H17FO/c1-10-3-2-4-13(14(10)9-16)11-5-7-12(15)8-6-11/h4-8,10,14,16H,2-3,9H2,1H3/t10-,14?/m0/s1. The maximum atomic E-state index is 12.8. The predicted molar refractivity (Wildman–Crippen MR) is 63.4 cm³/mol. The SMILES string of the molecule is C[C@H]1CCC=C(c2ccc(F)cc2)C1CO. The zero-order valence-electron chi connectivity index (χ0n) is 9.49. The van der Waals surface area contributed by atoms with Gasteiger partial charge in [0.05, 0.1) is 6.61 Å². The molecule has 1 nitrogen and oxygen atoms in total. The first kappa shape index (κ1) is 11.3. The van der Waals surface area contributed by atoms with E-state index >= 15 is 0 Å². The summed E-state index contributed by atoms with van der Waals surface area (Å²) in [6.07, 6.45) is 4.34. The smallest absolute Gasteiger partial charge is 0.123 e. The quantitative estimate of drug-likeness (QED) is 0.811. The Hall–Kier alpha value is -1.15. The minimum Gasteiger partial charge on any atom is -0.396 e. The largest absolute Gasteiger partial charge is 0.396 e. The van der Waals surface area contributed by atoms with Crippen LogP contribution in [0, 0.1) is 17.7 Å². The molecule has 0 spiro atoms. The summed E-state index contributed by atoms with van der Waals surface area (Å²) in [6, 6.07) is 6.54. The fraction of sp³-hybridized carbons (Fsp3) is 0.429. The van der Waals surface area contributed by atoms with Crippen LogP contribution >= 0.6 is 0 Å². The van der Waals surface area contributed by atoms with E-state index in [0.717, 1.165) is 18.4 Å². The first-order valence-electron chi connectivity index (χ1n) is 5.79. The molecule has 0 saturated heterocycles. The van der Waals surface area contributed by atoms with Crippen molar-refractivity contribution in [3.8, 4) is 0 Å². The second-order valence-electron chi connectivity index (χ2n) is 4.51. The van der Waals surface area contributed by atoms with Crippen LogP contribution in [0.2, 0.25) is 0 Å². The highest BCUT2D eigenvalue weighted by Gasteiger charge is 2.24. The van der Waals surface area contributed by atoms with Gasteiger partial charge in [-0.3, -0.25) is 0 Å². The van der Waals surface area contributed by atoms with Crippen molar-refractivity contribution in [1.29, 1.82) is 0 Å². The Bertz CT molecular complexity index is 380. The minimum absolute atomic E-state index is 0.171. The van der Waals surface area contributed by atoms with Crippen molar-refractivity contribution in [3.05, 3.63) is 41.7 Å². The van der Waals surface area contributed by atoms with Gasteiger partial charge in [0.2, 0.25) is 0 Å². The molecule has 16 heavy (non-hydrogen) atoms. The Morgan fingerprint density at radius 2 is 2.00 bits per heavy atom. The van der Waals surface area contributed by atoms with Crippen molar-refractivity contribution in [3.63, 3.8) is 0 Å². The van der Waals surface area contributed by atoms with Gasteiger partial charge in [-0.25, -0.2) is 4.39 Å². The van der Waals surface area contributed by atoms with Gasteiger partial charge in [0.25, 0.3) is 0 Å². The summed E-state index contributed by atoms with van der Waals surface area (Å²) in [7, 11) is 0. The maximum absolute atomic E-state index is 12.8. The van der Waals surface area contributed by atoms with Crippen molar-refractivity contribution in [1.82, 2.24) is 0 Å². The molecule has 0 bridgehead atoms. The van der Waals surface area contributed by atoms with Crippen LogP contribution in [0.15, 0.2) is 30.3 Å². The molecule has 0 fully saturated rings. The number of aliphatic hydroxyl groups excluding tert-OH is 1. The number of allylic oxidation sites excluding steroid dienone is 1. The van der Waals surface area contributed by atoms with E-state index in [1.165, 1.54) is 17.7 Å². The number of hydrogen-bond acceptors (Lipinski definition) is 1. The van der Waals surface area contributed by atoms with Gasteiger partial charge >= 0.3 is 0 Å². The molecular formula is C14H17FO. The second kappa shape index (κ2) is 4.79. The van der Waals surface area contributed by atoms with Crippen molar-refractivity contribution in [2.45, 2.75) is 19.8 Å². The first-order chi connectivity index (χ1) is 7.72. The van der Waals surface area contributed by atoms with Crippen LogP contribution < -0.4 is 0 Å². The third kappa shape index (κ3) is 2.17. The van der Waals surface area contributed by atoms with Gasteiger partial charge in [-0.05, 0) is 42.0 Å². The molecule has 1 unspecified atom stereocenters. The average molecular weight is 220 g/mol. The molecule has 1 N–H and O–H groups in total. The van der Waals surface area contributed by atoms with E-state index in [9.17, 15) is 9.50 Å². The lowest BCUT2D eigenvalue weighted by molar-refractivity contribution is 0.212. The van der Waals surface area contributed by atoms with Gasteiger partial charge in [-0.1, -0.05) is 25.1 Å². The zero-order chi connectivity index (χ0) is 11.5. The van der Waals surface area contributed by atoms with Crippen molar-refractivity contribution in [2.24, 2.45) is 11.8 Å². The van der Waals surface area contributed by atoms with E-state index in [4.69, 9.17) is 0 Å². The predicted octanol–water partition coefficient (Wildman–Crippen LogP) is 3.25. The third-order valence-electron chi connectivity index (χ3n) is 3.45. The Kier molecular flexibility index (Phi) is 3.39. The number of benzene rings is 1. The molecule has 0 aliphatic heterocycles. The molecule has 2 rings (SSSR count). The third-order valence-corrected chi connectivity index (χ3v) is 3.45. The van der Waals surface area contributed by atoms with Gasteiger partial charge in [0, 0.05) is 5.92 Å². The first-order valence-corrected chi connectivity index (χ1v) is 5.79. The number of halogens is 1. The lowest BCUT2D eigenvalue weighted by Crippen LogP contribution is -2.20. The topological polar surface area (TPSA) is 20.2 Å². The van der Waals surface area contributed by atoms with E-state index in [-0.39, 0.29) is 18.3 Å². The second-order valence-corrected chi connectivity index (χ2v) is 4.51. The molecule has 1 aromatic rings. The summed E-state index contributed by atoms with van der Waals surface area (Å²) in [5, 5.41) is 9.43. The Morgan fingerprint density at radius 3 is 2.62 bits per heavy atom. The molecule has 86 valence electrons. The number of hydrogen-bond donors (Lipinski definition) is 1. The summed E-state index contributed by atoms with van der Waals surface area (Å²) in [5.41, 5.74) is 2.20. The van der Waals surface area contributed by atoms with Crippen LogP contribution in [0.1, 0.15) is 25.3 Å². The molecule has 1 aliphatic rings. The molecule has 0 aromatic heterocycles. The zero-order valence-corrected chi connectivity index (χ0v) is 9.49. The van der Waals surface area contributed by atoms with Crippen LogP contribution in [0.5, 0.6) is 0 Å². The highest BCUT2D eigenvalue weighted by atomic mass is 19.1. The van der Waals surface area contributed by atoms with Gasteiger partial charge in [0.1, 0.15) is 5.82 Å². The fourth-order valence-electron chi connectivity index (χ4n) is 2.41. The van der Waals surface area contributed by atoms with E-state index in [0.29, 0.717) is 5.92 Å². The Morgan fingerprint density at radius 1 is 1.31 bits per heavy atom. The van der Waals surface area contributed by atoms with E-state index in [1.807, 2.05) is 0 Å². The lowest BCUT2D eigenvalue weighted by atomic mass is 9.77. The van der Waals surface area contributed by atoms with Gasteiger partial charge in [-0.2, -0.15) is 0 Å². The number of rotatable bonds is 2. The highest BCUT2D eigenvalue weighted by molar-refractivity contribution is 5.68. The molecule has 2 atom stereocenters. The minimum atomic E-state index is -0.214. The molecule has 1 aromatic carbocycles. The Balaban J connectivity index is 2.31. The fourth-order valence-corrected chi connectivity index (χ4v) is 2.41. The molecular weight excluding hydrogens is 203 g/mol. The van der Waals surface area contributed by atoms with Crippen LogP contribution in [0.4, 0.5) is 4.39 Å². The summed E-state index contributed by atoms with van der Waals surface area (Å²) < 4.78 is 12.8. The lowest BCUT2D eigenvalue weighted by Gasteiger charge is -2.29. The molecule has 2 heteroatoms. The van der Waals surface area contributed by atoms with Crippen molar-refractivity contribution in [2.75, 3.05) is 6.61 Å². The van der Waals surface area contributed by atoms with Crippen LogP contribution in [0.3, 0.4) is 0 Å². The molecule has 0 amide bonds. The highest BCUT2D eigenvalue weighted by Crippen LogP contribution is 2.36. The summed E-state index contributed by atoms with van der Waals surface area (Å²) in [4.78, 5) is 0. The van der Waals surface area contributed by atoms with E-state index < -0.39 is 0 Å². The molecule has 0 radical (unpaired) electrons. The monoisotopic (exact) mass is 220 g/mol. The number of aliphatic hydroxyl groups is 1. The van der Waals surface area contributed by atoms with Crippen LogP contribution in [-0.2, 0) is 0 Å². The summed E-state index contributed by atoms with van der Waals surface area (Å²) in [6.45, 7) is 2.34. The normalized spacial score (nSPS) is 25.3. The van der Waals surface area contributed by atoms with Gasteiger partial charge in [-0.15, -0.1) is 0 Å². The van der Waals surface area contributed by atoms with Gasteiger partial charge < -0.3 is 5.11 Å². The average Bonchev–Trinajstić information content (AvgIpc) is 2.30. The molecule has 1 aliphatic carbocycles. The summed E-state index contributed by atoms with van der Waals surface area (Å²) >= 11 is 0. The van der Waals surface area contributed by atoms with E-state index in [2.05, 4.69) is 13.0 Å². The maximum Gasteiger partial charge on any atom is 0.123 e. The van der Waals surface area contributed by atoms with Crippen molar-refractivity contribution < 1.29 is 9.50 Å². The van der Waals surface area contributed by atoms with Crippen LogP contribution in [0.25, 0.3) is 5.57 Å². The molecule has 0 heterocycles. The van der Waals surface area contributed by atoms with Crippen molar-refractivity contribution >= 4 is 5.57 Å². The summed E-state index contributed by atoms with van der Waals surface area (Å²) in [5.74, 6) is 0.475. The van der Waals surface area contributed by atoms with E-state index in [1.54, 1.807) is 12.1 Å². The van der Waals surface area contributed by atoms with Gasteiger partial charge in [0.15, 0.2) is 0 Å².